The number of carbonyl (C=O) groups is 3. The van der Waals surface area contributed by atoms with Crippen LogP contribution >= 0.6 is 0 Å². The molecule has 4 rings (SSSR count). The highest BCUT2D eigenvalue weighted by molar-refractivity contribution is 5.92. The number of nitrogens with one attached hydrogen (secondary N) is 2. The summed E-state index contributed by atoms with van der Waals surface area (Å²) in [5, 5.41) is 3.25. The smallest absolute Gasteiger partial charge is 0.270 e. The van der Waals surface area contributed by atoms with E-state index in [4.69, 9.17) is 0 Å². The molecule has 7 heteroatoms. The molecule has 4 heterocycles. The molecule has 3 amide bonds. The number of likely N-dealkylation sites (tertiary alicyclic amines) is 1. The van der Waals surface area contributed by atoms with Crippen LogP contribution in [-0.4, -0.2) is 64.2 Å². The Balaban J connectivity index is 1.50. The van der Waals surface area contributed by atoms with Crippen molar-refractivity contribution >= 4 is 17.7 Å². The Morgan fingerprint density at radius 3 is 2.67 bits per heavy atom. The first-order valence-electron chi connectivity index (χ1n) is 12.8. The number of H-pyrrole nitrogens is 1. The average Bonchev–Trinajstić information content (AvgIpc) is 3.31. The summed E-state index contributed by atoms with van der Waals surface area (Å²) in [6.07, 6.45) is 7.36. The van der Waals surface area contributed by atoms with Crippen LogP contribution in [0, 0.1) is 23.7 Å². The lowest BCUT2D eigenvalue weighted by Gasteiger charge is -2.51. The third kappa shape index (κ3) is 5.61. The van der Waals surface area contributed by atoms with Gasteiger partial charge in [-0.15, -0.1) is 0 Å². The van der Waals surface area contributed by atoms with Crippen LogP contribution in [0.5, 0.6) is 0 Å². The molecule has 7 nitrogen and oxygen atoms in total. The summed E-state index contributed by atoms with van der Waals surface area (Å²) in [6, 6.07) is 3.95. The molecule has 3 aliphatic heterocycles. The van der Waals surface area contributed by atoms with Crippen LogP contribution in [0.15, 0.2) is 18.3 Å². The number of carbonyl (C=O) groups excluding carboxylic acids is 3. The molecular formula is C26H40N4O3. The summed E-state index contributed by atoms with van der Waals surface area (Å²) in [5.41, 5.74) is 0.628. The first-order chi connectivity index (χ1) is 15.8. The highest BCUT2D eigenvalue weighted by Crippen LogP contribution is 2.37. The van der Waals surface area contributed by atoms with E-state index in [9.17, 15) is 14.4 Å². The Morgan fingerprint density at radius 2 is 1.94 bits per heavy atom. The molecule has 5 atom stereocenters. The molecular weight excluding hydrogens is 416 g/mol. The summed E-state index contributed by atoms with van der Waals surface area (Å²) in [5.74, 6) is 1.70. The molecule has 0 radical (unpaired) electrons. The van der Waals surface area contributed by atoms with Gasteiger partial charge >= 0.3 is 0 Å². The van der Waals surface area contributed by atoms with Gasteiger partial charge < -0.3 is 20.1 Å². The van der Waals surface area contributed by atoms with E-state index in [-0.39, 0.29) is 35.7 Å². The third-order valence-corrected chi connectivity index (χ3v) is 7.95. The van der Waals surface area contributed by atoms with Gasteiger partial charge in [0.15, 0.2) is 0 Å². The lowest BCUT2D eigenvalue weighted by molar-refractivity contribution is -0.141. The number of amides is 3. The molecule has 3 saturated heterocycles. The zero-order valence-corrected chi connectivity index (χ0v) is 20.4. The van der Waals surface area contributed by atoms with Crippen LogP contribution < -0.4 is 5.32 Å². The minimum absolute atomic E-state index is 0.0480. The van der Waals surface area contributed by atoms with Gasteiger partial charge in [0, 0.05) is 50.8 Å². The maximum atomic E-state index is 13.4. The van der Waals surface area contributed by atoms with Crippen molar-refractivity contribution in [3.05, 3.63) is 24.0 Å². The van der Waals surface area contributed by atoms with Gasteiger partial charge in [-0.25, -0.2) is 0 Å². The molecule has 3 fully saturated rings. The maximum absolute atomic E-state index is 13.4. The first kappa shape index (κ1) is 23.8. The normalized spacial score (nSPS) is 31.8. The summed E-state index contributed by atoms with van der Waals surface area (Å²) < 4.78 is 0. The molecule has 0 aromatic carbocycles. The molecule has 2 N–H and O–H groups in total. The molecule has 0 aliphatic carbocycles. The van der Waals surface area contributed by atoms with E-state index in [1.54, 1.807) is 6.20 Å². The van der Waals surface area contributed by atoms with E-state index in [1.165, 1.54) is 0 Å². The van der Waals surface area contributed by atoms with Crippen molar-refractivity contribution in [2.45, 2.75) is 77.8 Å². The van der Waals surface area contributed by atoms with Crippen LogP contribution in [0.4, 0.5) is 0 Å². The van der Waals surface area contributed by atoms with Crippen LogP contribution in [0.1, 0.15) is 76.2 Å². The van der Waals surface area contributed by atoms with Crippen molar-refractivity contribution in [1.82, 2.24) is 20.1 Å². The van der Waals surface area contributed by atoms with E-state index < -0.39 is 0 Å². The largest absolute Gasteiger partial charge is 0.357 e. The lowest BCUT2D eigenvalue weighted by atomic mass is 9.77. The van der Waals surface area contributed by atoms with E-state index in [0.717, 1.165) is 38.6 Å². The zero-order valence-electron chi connectivity index (χ0n) is 20.4. The standard InChI is InChI=1S/C26H40N4O3/c1-17(2)21-10-9-18(3)12-25(32)30-15-19-13-20(23(30)7-4-8-24(31)28-21)16-29(14-19)26(33)22-6-5-11-27-22/h5-6,11,17-21,23,27H,4,7-10,12-16H2,1-3H3,(H,28,31)/t18-,19+,20-,21+,23+/m1/s1. The number of hydrogen-bond acceptors (Lipinski definition) is 3. The second-order valence-corrected chi connectivity index (χ2v) is 11.0. The van der Waals surface area contributed by atoms with Gasteiger partial charge in [0.1, 0.15) is 5.69 Å². The average molecular weight is 457 g/mol. The Kier molecular flexibility index (Phi) is 7.45. The van der Waals surface area contributed by atoms with Crippen molar-refractivity contribution in [3.63, 3.8) is 0 Å². The quantitative estimate of drug-likeness (QED) is 0.715. The minimum Gasteiger partial charge on any atom is -0.357 e. The third-order valence-electron chi connectivity index (χ3n) is 7.95. The number of piperidine rings is 2. The molecule has 1 aromatic rings. The van der Waals surface area contributed by atoms with Crippen LogP contribution in [0.25, 0.3) is 0 Å². The predicted octanol–water partition coefficient (Wildman–Crippen LogP) is 3.43. The van der Waals surface area contributed by atoms with Gasteiger partial charge in [0.25, 0.3) is 5.91 Å². The highest BCUT2D eigenvalue weighted by Gasteiger charge is 2.43. The van der Waals surface area contributed by atoms with Crippen molar-refractivity contribution in [1.29, 1.82) is 0 Å². The monoisotopic (exact) mass is 456 g/mol. The van der Waals surface area contributed by atoms with Crippen LogP contribution in [-0.2, 0) is 9.59 Å². The van der Waals surface area contributed by atoms with Crippen LogP contribution in [0.2, 0.25) is 0 Å². The van der Waals surface area contributed by atoms with E-state index in [1.807, 2.05) is 17.0 Å². The molecule has 0 spiro atoms. The number of fused-ring (bicyclic) bond motifs is 4. The van der Waals surface area contributed by atoms with Gasteiger partial charge in [-0.2, -0.15) is 0 Å². The summed E-state index contributed by atoms with van der Waals surface area (Å²) in [6.45, 7) is 8.58. The Morgan fingerprint density at radius 1 is 1.12 bits per heavy atom. The minimum atomic E-state index is 0.0480. The fraction of sp³-hybridized carbons (Fsp3) is 0.731. The predicted molar refractivity (Wildman–Crippen MR) is 127 cm³/mol. The second kappa shape index (κ2) is 10.3. The molecule has 0 saturated carbocycles. The van der Waals surface area contributed by atoms with Gasteiger partial charge in [-0.3, -0.25) is 14.4 Å². The number of aromatic nitrogens is 1. The second-order valence-electron chi connectivity index (χ2n) is 11.0. The topological polar surface area (TPSA) is 85.5 Å². The Hall–Kier alpha value is -2.31. The van der Waals surface area contributed by atoms with E-state index in [0.29, 0.717) is 49.4 Å². The lowest BCUT2D eigenvalue weighted by Crippen LogP contribution is -2.60. The number of aromatic amines is 1. The Labute approximate surface area is 197 Å². The SMILES string of the molecule is CC(C)[C@@H]1CC[C@@H](C)CC(=O)N2C[C@H]3C[C@H](CN(C(=O)c4ccc[nH]4)C3)[C@@H]2CCCC(=O)N1. The summed E-state index contributed by atoms with van der Waals surface area (Å²) in [7, 11) is 0. The molecule has 1 aromatic heterocycles. The van der Waals surface area contributed by atoms with Crippen LogP contribution in [0.3, 0.4) is 0 Å². The summed E-state index contributed by atoms with van der Waals surface area (Å²) in [4.78, 5) is 46.2. The van der Waals surface area contributed by atoms with E-state index in [2.05, 4.69) is 36.0 Å². The Bertz CT molecular complexity index is 837. The summed E-state index contributed by atoms with van der Waals surface area (Å²) >= 11 is 0. The van der Waals surface area contributed by atoms with Gasteiger partial charge in [-0.1, -0.05) is 20.8 Å². The highest BCUT2D eigenvalue weighted by atomic mass is 16.2. The van der Waals surface area contributed by atoms with Crippen molar-refractivity contribution in [2.75, 3.05) is 19.6 Å². The zero-order chi connectivity index (χ0) is 23.5. The van der Waals surface area contributed by atoms with Gasteiger partial charge in [0.05, 0.1) is 0 Å². The fourth-order valence-electron chi connectivity index (χ4n) is 6.11. The van der Waals surface area contributed by atoms with Gasteiger partial charge in [0.2, 0.25) is 11.8 Å². The van der Waals surface area contributed by atoms with Gasteiger partial charge in [-0.05, 0) is 67.9 Å². The maximum Gasteiger partial charge on any atom is 0.270 e. The molecule has 0 unspecified atom stereocenters. The van der Waals surface area contributed by atoms with E-state index >= 15 is 0 Å². The molecule has 182 valence electrons. The number of nitrogens with zero attached hydrogens (tertiary/aromatic N) is 2. The van der Waals surface area contributed by atoms with Crippen molar-refractivity contribution in [2.24, 2.45) is 23.7 Å². The molecule has 33 heavy (non-hydrogen) atoms. The molecule has 3 aliphatic rings. The number of hydrogen-bond donors (Lipinski definition) is 2. The fourth-order valence-corrected chi connectivity index (χ4v) is 6.11. The first-order valence-corrected chi connectivity index (χ1v) is 12.8. The van der Waals surface area contributed by atoms with Crippen molar-refractivity contribution in [3.8, 4) is 0 Å². The number of rotatable bonds is 2. The molecule has 2 bridgehead atoms. The van der Waals surface area contributed by atoms with Crippen molar-refractivity contribution < 1.29 is 14.4 Å².